The average Bonchev–Trinajstić information content (AvgIpc) is 2.48. The van der Waals surface area contributed by atoms with Crippen molar-refractivity contribution in [2.45, 2.75) is 25.7 Å². The molecule has 1 spiro atoms. The quantitative estimate of drug-likeness (QED) is 0.863. The fraction of sp³-hybridized carbons (Fsp3) is 0.562. The minimum Gasteiger partial charge on any atom is -0.338 e. The average molecular weight is 294 g/mol. The summed E-state index contributed by atoms with van der Waals surface area (Å²) in [6, 6.07) is 3.56. The van der Waals surface area contributed by atoms with E-state index >= 15 is 0 Å². The van der Waals surface area contributed by atoms with Crippen LogP contribution in [-0.4, -0.2) is 37.0 Å². The molecule has 1 amide bonds. The molecule has 2 aliphatic rings. The molecule has 0 saturated carbocycles. The predicted molar refractivity (Wildman–Crippen MR) is 76.0 cm³/mol. The largest absolute Gasteiger partial charge is 0.338 e. The Kier molecular flexibility index (Phi) is 3.93. The maximum absolute atomic E-state index is 13.8. The zero-order valence-corrected chi connectivity index (χ0v) is 12.0. The highest BCUT2D eigenvalue weighted by Gasteiger charge is 2.38. The molecule has 2 saturated heterocycles. The normalized spacial score (nSPS) is 21.5. The summed E-state index contributed by atoms with van der Waals surface area (Å²) in [7, 11) is 0. The molecule has 3 nitrogen and oxygen atoms in total. The SMILES string of the molecule is O=C(c1c(F)cccc1F)N1CCCC2(CCNCC2)C1. The van der Waals surface area contributed by atoms with E-state index in [1.807, 2.05) is 0 Å². The van der Waals surface area contributed by atoms with Crippen molar-refractivity contribution in [3.05, 3.63) is 35.4 Å². The van der Waals surface area contributed by atoms with Crippen LogP contribution in [0.2, 0.25) is 0 Å². The Labute approximate surface area is 123 Å². The molecule has 21 heavy (non-hydrogen) atoms. The van der Waals surface area contributed by atoms with E-state index in [1.165, 1.54) is 6.07 Å². The number of likely N-dealkylation sites (tertiary alicyclic amines) is 1. The van der Waals surface area contributed by atoms with Gasteiger partial charge >= 0.3 is 0 Å². The molecule has 1 aromatic carbocycles. The van der Waals surface area contributed by atoms with Crippen LogP contribution in [-0.2, 0) is 0 Å². The van der Waals surface area contributed by atoms with E-state index in [0.29, 0.717) is 13.1 Å². The molecule has 2 fully saturated rings. The lowest BCUT2D eigenvalue weighted by Gasteiger charge is -2.45. The van der Waals surface area contributed by atoms with E-state index < -0.39 is 23.1 Å². The lowest BCUT2D eigenvalue weighted by atomic mass is 9.73. The highest BCUT2D eigenvalue weighted by Crippen LogP contribution is 2.38. The number of piperidine rings is 2. The molecule has 0 aromatic heterocycles. The Hall–Kier alpha value is -1.49. The monoisotopic (exact) mass is 294 g/mol. The van der Waals surface area contributed by atoms with Crippen molar-refractivity contribution in [2.75, 3.05) is 26.2 Å². The fourth-order valence-corrected chi connectivity index (χ4v) is 3.61. The summed E-state index contributed by atoms with van der Waals surface area (Å²) in [5.41, 5.74) is -0.288. The molecular weight excluding hydrogens is 274 g/mol. The summed E-state index contributed by atoms with van der Waals surface area (Å²) in [4.78, 5) is 14.1. The van der Waals surface area contributed by atoms with Gasteiger partial charge in [0, 0.05) is 13.1 Å². The molecule has 0 bridgehead atoms. The number of carbonyl (C=O) groups excluding carboxylic acids is 1. The molecule has 0 radical (unpaired) electrons. The second-order valence-corrected chi connectivity index (χ2v) is 6.18. The molecule has 5 heteroatoms. The zero-order chi connectivity index (χ0) is 14.9. The third-order valence-corrected chi connectivity index (χ3v) is 4.79. The van der Waals surface area contributed by atoms with Crippen LogP contribution in [0.4, 0.5) is 8.78 Å². The summed E-state index contributed by atoms with van der Waals surface area (Å²) >= 11 is 0. The first-order valence-electron chi connectivity index (χ1n) is 7.55. The Balaban J connectivity index is 1.81. The van der Waals surface area contributed by atoms with Crippen LogP contribution in [0.5, 0.6) is 0 Å². The fourth-order valence-electron chi connectivity index (χ4n) is 3.61. The Bertz CT molecular complexity index is 515. The molecule has 0 aliphatic carbocycles. The number of hydrogen-bond donors (Lipinski definition) is 1. The minimum absolute atomic E-state index is 0.126. The number of rotatable bonds is 1. The first kappa shape index (κ1) is 14.4. The van der Waals surface area contributed by atoms with E-state index in [1.54, 1.807) is 4.90 Å². The lowest BCUT2D eigenvalue weighted by Crippen LogP contribution is -2.50. The van der Waals surface area contributed by atoms with Gasteiger partial charge in [0.2, 0.25) is 0 Å². The van der Waals surface area contributed by atoms with Gasteiger partial charge in [0.25, 0.3) is 5.91 Å². The minimum atomic E-state index is -0.773. The van der Waals surface area contributed by atoms with E-state index in [2.05, 4.69) is 5.32 Å². The van der Waals surface area contributed by atoms with Crippen molar-refractivity contribution < 1.29 is 13.6 Å². The van der Waals surface area contributed by atoms with Gasteiger partial charge in [-0.25, -0.2) is 8.78 Å². The summed E-state index contributed by atoms with van der Waals surface area (Å²) in [5, 5.41) is 3.33. The number of carbonyl (C=O) groups is 1. The van der Waals surface area contributed by atoms with Crippen molar-refractivity contribution >= 4 is 5.91 Å². The van der Waals surface area contributed by atoms with Gasteiger partial charge in [0.1, 0.15) is 17.2 Å². The van der Waals surface area contributed by atoms with Gasteiger partial charge in [-0.15, -0.1) is 0 Å². The van der Waals surface area contributed by atoms with Gasteiger partial charge in [0.15, 0.2) is 0 Å². The first-order valence-corrected chi connectivity index (χ1v) is 7.55. The highest BCUT2D eigenvalue weighted by atomic mass is 19.1. The maximum Gasteiger partial charge on any atom is 0.259 e. The molecule has 3 rings (SSSR count). The topological polar surface area (TPSA) is 32.3 Å². The standard InChI is InChI=1S/C16H20F2N2O/c17-12-3-1-4-13(18)14(12)15(21)20-10-2-5-16(11-20)6-8-19-9-7-16/h1,3-4,19H,2,5-11H2. The van der Waals surface area contributed by atoms with Crippen LogP contribution >= 0.6 is 0 Å². The maximum atomic E-state index is 13.8. The van der Waals surface area contributed by atoms with Crippen molar-refractivity contribution in [3.8, 4) is 0 Å². The molecular formula is C16H20F2N2O. The number of nitrogens with zero attached hydrogens (tertiary/aromatic N) is 1. The number of nitrogens with one attached hydrogen (secondary N) is 1. The van der Waals surface area contributed by atoms with E-state index in [4.69, 9.17) is 0 Å². The van der Waals surface area contributed by atoms with Gasteiger partial charge in [-0.2, -0.15) is 0 Å². The van der Waals surface area contributed by atoms with Crippen molar-refractivity contribution in [3.63, 3.8) is 0 Å². The summed E-state index contributed by atoms with van der Waals surface area (Å²) in [6.45, 7) is 3.11. The Morgan fingerprint density at radius 1 is 1.14 bits per heavy atom. The molecule has 1 aromatic rings. The molecule has 114 valence electrons. The van der Waals surface area contributed by atoms with Gasteiger partial charge in [0.05, 0.1) is 0 Å². The van der Waals surface area contributed by atoms with Gasteiger partial charge in [-0.3, -0.25) is 4.79 Å². The van der Waals surface area contributed by atoms with Crippen LogP contribution in [0.25, 0.3) is 0 Å². The van der Waals surface area contributed by atoms with Crippen LogP contribution in [0.1, 0.15) is 36.0 Å². The molecule has 0 atom stereocenters. The Morgan fingerprint density at radius 3 is 2.48 bits per heavy atom. The van der Waals surface area contributed by atoms with Gasteiger partial charge in [-0.1, -0.05) is 6.07 Å². The molecule has 2 heterocycles. The summed E-state index contributed by atoms with van der Waals surface area (Å²) in [6.07, 6.45) is 4.05. The molecule has 0 unspecified atom stereocenters. The number of benzene rings is 1. The van der Waals surface area contributed by atoms with Crippen molar-refractivity contribution in [1.82, 2.24) is 10.2 Å². The second kappa shape index (κ2) is 5.72. The second-order valence-electron chi connectivity index (χ2n) is 6.18. The number of hydrogen-bond acceptors (Lipinski definition) is 2. The van der Waals surface area contributed by atoms with Crippen LogP contribution < -0.4 is 5.32 Å². The van der Waals surface area contributed by atoms with Crippen LogP contribution in [0.15, 0.2) is 18.2 Å². The summed E-state index contributed by atoms with van der Waals surface area (Å²) < 4.78 is 27.6. The van der Waals surface area contributed by atoms with Crippen molar-refractivity contribution in [1.29, 1.82) is 0 Å². The number of amides is 1. The van der Waals surface area contributed by atoms with Gasteiger partial charge in [-0.05, 0) is 56.3 Å². The van der Waals surface area contributed by atoms with E-state index in [-0.39, 0.29) is 5.41 Å². The van der Waals surface area contributed by atoms with Crippen LogP contribution in [0, 0.1) is 17.0 Å². The number of halogens is 2. The van der Waals surface area contributed by atoms with Gasteiger partial charge < -0.3 is 10.2 Å². The third kappa shape index (κ3) is 2.79. The van der Waals surface area contributed by atoms with E-state index in [9.17, 15) is 13.6 Å². The highest BCUT2D eigenvalue weighted by molar-refractivity contribution is 5.94. The summed E-state index contributed by atoms with van der Waals surface area (Å²) in [5.74, 6) is -2.06. The third-order valence-electron chi connectivity index (χ3n) is 4.79. The lowest BCUT2D eigenvalue weighted by molar-refractivity contribution is 0.0403. The smallest absolute Gasteiger partial charge is 0.259 e. The molecule has 2 aliphatic heterocycles. The first-order chi connectivity index (χ1) is 10.1. The Morgan fingerprint density at radius 2 is 1.81 bits per heavy atom. The molecule has 1 N–H and O–H groups in total. The zero-order valence-electron chi connectivity index (χ0n) is 12.0. The van der Waals surface area contributed by atoms with Crippen LogP contribution in [0.3, 0.4) is 0 Å². The van der Waals surface area contributed by atoms with Crippen molar-refractivity contribution in [2.24, 2.45) is 5.41 Å². The predicted octanol–water partition coefficient (Wildman–Crippen LogP) is 2.57. The van der Waals surface area contributed by atoms with E-state index in [0.717, 1.165) is 50.9 Å².